The maximum atomic E-state index is 13.0. The van der Waals surface area contributed by atoms with Gasteiger partial charge in [-0.05, 0) is 38.3 Å². The number of hydrogen-bond acceptors (Lipinski definition) is 6. The van der Waals surface area contributed by atoms with E-state index in [0.717, 1.165) is 4.90 Å². The molecule has 0 radical (unpaired) electrons. The third-order valence-corrected chi connectivity index (χ3v) is 4.82. The first kappa shape index (κ1) is 19.3. The van der Waals surface area contributed by atoms with Crippen LogP contribution in [0.3, 0.4) is 0 Å². The molecule has 1 saturated heterocycles. The van der Waals surface area contributed by atoms with E-state index in [9.17, 15) is 19.2 Å². The number of nitrogens with one attached hydrogen (secondary N) is 1. The predicted molar refractivity (Wildman–Crippen MR) is 103 cm³/mol. The quantitative estimate of drug-likeness (QED) is 0.500. The van der Waals surface area contributed by atoms with Crippen LogP contribution in [-0.4, -0.2) is 54.3 Å². The van der Waals surface area contributed by atoms with E-state index in [1.54, 1.807) is 6.07 Å². The SMILES string of the molecule is [3H]CCOCCCC(=O)COc1cccc2c1C(=O)N(C1CCC(=C)NC1=O)C2=O. The van der Waals surface area contributed by atoms with Crippen molar-refractivity contribution in [2.45, 2.75) is 38.6 Å². The lowest BCUT2D eigenvalue weighted by molar-refractivity contribution is -0.125. The van der Waals surface area contributed by atoms with E-state index in [2.05, 4.69) is 11.9 Å². The molecule has 0 aromatic heterocycles. The standard InChI is InChI=1S/C21H24N2O6/c1-3-28-11-5-6-14(24)12-29-17-8-4-7-15-18(17)21(27)23(20(15)26)16-10-9-13(2)22-19(16)25/h4,7-8,16H,2-3,5-6,9-12H2,1H3,(H,22,25)/i1T. The molecule has 3 rings (SSSR count). The highest BCUT2D eigenvalue weighted by Crippen LogP contribution is 2.34. The maximum absolute atomic E-state index is 13.0. The van der Waals surface area contributed by atoms with Crippen LogP contribution in [0.5, 0.6) is 5.75 Å². The largest absolute Gasteiger partial charge is 0.485 e. The Morgan fingerprint density at radius 2 is 2.17 bits per heavy atom. The first-order chi connectivity index (χ1) is 14.4. The fraction of sp³-hybridized carbons (Fsp3) is 0.429. The van der Waals surface area contributed by atoms with E-state index < -0.39 is 23.8 Å². The molecule has 2 aliphatic heterocycles. The number of hydrogen-bond donors (Lipinski definition) is 1. The number of imide groups is 1. The van der Waals surface area contributed by atoms with E-state index in [0.29, 0.717) is 38.2 Å². The Labute approximate surface area is 170 Å². The maximum Gasteiger partial charge on any atom is 0.266 e. The zero-order chi connectivity index (χ0) is 21.7. The molecule has 0 aliphatic carbocycles. The summed E-state index contributed by atoms with van der Waals surface area (Å²) in [5.41, 5.74) is 0.790. The second-order valence-corrected chi connectivity index (χ2v) is 6.85. The molecule has 1 unspecified atom stereocenters. The van der Waals surface area contributed by atoms with Gasteiger partial charge in [0.15, 0.2) is 5.78 Å². The number of amides is 3. The number of Topliss-reactive ketones (excluding diaryl/α,β-unsaturated/α-hetero) is 1. The summed E-state index contributed by atoms with van der Waals surface area (Å²) in [4.78, 5) is 51.1. The van der Waals surface area contributed by atoms with Gasteiger partial charge in [0.2, 0.25) is 5.91 Å². The van der Waals surface area contributed by atoms with Crippen molar-refractivity contribution in [1.29, 1.82) is 0 Å². The topological polar surface area (TPSA) is 102 Å². The number of rotatable bonds is 9. The summed E-state index contributed by atoms with van der Waals surface area (Å²) in [5.74, 6) is -1.61. The number of piperidine rings is 1. The Morgan fingerprint density at radius 1 is 1.34 bits per heavy atom. The van der Waals surface area contributed by atoms with Crippen LogP contribution in [0, 0.1) is 0 Å². The van der Waals surface area contributed by atoms with Crippen molar-refractivity contribution in [3.05, 3.63) is 41.6 Å². The van der Waals surface area contributed by atoms with Crippen LogP contribution in [0.25, 0.3) is 0 Å². The van der Waals surface area contributed by atoms with Gasteiger partial charge in [-0.25, -0.2) is 0 Å². The third kappa shape index (κ3) is 4.37. The number of ketones is 1. The van der Waals surface area contributed by atoms with Crippen LogP contribution >= 0.6 is 0 Å². The minimum Gasteiger partial charge on any atom is -0.485 e. The molecule has 1 fully saturated rings. The average molecular weight is 402 g/mol. The zero-order valence-electron chi connectivity index (χ0n) is 17.1. The number of carbonyl (C=O) groups is 4. The second kappa shape index (κ2) is 9.00. The zero-order valence-corrected chi connectivity index (χ0v) is 16.1. The lowest BCUT2D eigenvalue weighted by Crippen LogP contribution is -2.51. The van der Waals surface area contributed by atoms with Crippen LogP contribution < -0.4 is 10.1 Å². The summed E-state index contributed by atoms with van der Waals surface area (Å²) in [7, 11) is 0. The third-order valence-electron chi connectivity index (χ3n) is 4.82. The van der Waals surface area contributed by atoms with Crippen LogP contribution in [0.15, 0.2) is 30.5 Å². The Balaban J connectivity index is 1.66. The second-order valence-electron chi connectivity index (χ2n) is 6.85. The Hall–Kier alpha value is -3.00. The summed E-state index contributed by atoms with van der Waals surface area (Å²) in [6, 6.07) is 3.71. The lowest BCUT2D eigenvalue weighted by atomic mass is 10.0. The first-order valence-corrected chi connectivity index (χ1v) is 9.45. The van der Waals surface area contributed by atoms with Crippen molar-refractivity contribution in [2.75, 3.05) is 19.8 Å². The van der Waals surface area contributed by atoms with E-state index in [1.807, 2.05) is 0 Å². The fourth-order valence-electron chi connectivity index (χ4n) is 3.39. The summed E-state index contributed by atoms with van der Waals surface area (Å²) >= 11 is 0. The van der Waals surface area contributed by atoms with Gasteiger partial charge in [0.05, 0.1) is 11.1 Å². The van der Waals surface area contributed by atoms with Gasteiger partial charge in [0.25, 0.3) is 11.8 Å². The first-order valence-electron chi connectivity index (χ1n) is 10.2. The van der Waals surface area contributed by atoms with Crippen molar-refractivity contribution >= 4 is 23.5 Å². The van der Waals surface area contributed by atoms with E-state index >= 15 is 0 Å². The van der Waals surface area contributed by atoms with Crippen LogP contribution in [0.1, 0.15) is 54.7 Å². The van der Waals surface area contributed by atoms with Gasteiger partial charge in [-0.1, -0.05) is 12.6 Å². The average Bonchev–Trinajstić information content (AvgIpc) is 2.97. The summed E-state index contributed by atoms with van der Waals surface area (Å²) in [5, 5.41) is 2.58. The monoisotopic (exact) mass is 402 g/mol. The van der Waals surface area contributed by atoms with Gasteiger partial charge in [-0.2, -0.15) is 0 Å². The predicted octanol–water partition coefficient (Wildman–Crippen LogP) is 1.84. The molecule has 1 aromatic rings. The molecule has 1 atom stereocenters. The molecule has 0 bridgehead atoms. The molecule has 2 heterocycles. The highest BCUT2D eigenvalue weighted by molar-refractivity contribution is 6.24. The Bertz CT molecular complexity index is 884. The van der Waals surface area contributed by atoms with Crippen molar-refractivity contribution < 1.29 is 30.0 Å². The molecule has 154 valence electrons. The van der Waals surface area contributed by atoms with Gasteiger partial charge in [-0.15, -0.1) is 0 Å². The molecule has 0 spiro atoms. The van der Waals surface area contributed by atoms with E-state index in [-0.39, 0.29) is 42.6 Å². The normalized spacial score (nSPS) is 19.1. The number of allylic oxidation sites excluding steroid dienone is 1. The summed E-state index contributed by atoms with van der Waals surface area (Å²) in [6.07, 6.45) is 1.56. The van der Waals surface area contributed by atoms with Crippen molar-refractivity contribution in [3.63, 3.8) is 0 Å². The molecular formula is C21H24N2O6. The van der Waals surface area contributed by atoms with Gasteiger partial charge in [0.1, 0.15) is 18.4 Å². The summed E-state index contributed by atoms with van der Waals surface area (Å²) in [6.45, 7) is 4.37. The van der Waals surface area contributed by atoms with Crippen LogP contribution in [0.2, 0.25) is 0 Å². The smallest absolute Gasteiger partial charge is 0.266 e. The van der Waals surface area contributed by atoms with Gasteiger partial charge >= 0.3 is 0 Å². The lowest BCUT2D eigenvalue weighted by Gasteiger charge is -2.29. The molecule has 29 heavy (non-hydrogen) atoms. The van der Waals surface area contributed by atoms with Crippen LogP contribution in [0.4, 0.5) is 0 Å². The number of benzene rings is 1. The van der Waals surface area contributed by atoms with Crippen molar-refractivity contribution in [2.24, 2.45) is 0 Å². The van der Waals surface area contributed by atoms with Gasteiger partial charge in [-0.3, -0.25) is 24.1 Å². The van der Waals surface area contributed by atoms with Crippen molar-refractivity contribution in [1.82, 2.24) is 10.2 Å². The van der Waals surface area contributed by atoms with Crippen molar-refractivity contribution in [3.8, 4) is 5.75 Å². The number of ether oxygens (including phenoxy) is 2. The van der Waals surface area contributed by atoms with Gasteiger partial charge in [0, 0.05) is 26.7 Å². The Morgan fingerprint density at radius 3 is 2.93 bits per heavy atom. The number of carbonyl (C=O) groups excluding carboxylic acids is 4. The van der Waals surface area contributed by atoms with Crippen LogP contribution in [-0.2, 0) is 14.3 Å². The number of fused-ring (bicyclic) bond motifs is 1. The van der Waals surface area contributed by atoms with E-state index in [4.69, 9.17) is 10.8 Å². The number of nitrogens with zero attached hydrogens (tertiary/aromatic N) is 1. The van der Waals surface area contributed by atoms with E-state index in [1.165, 1.54) is 12.1 Å². The molecular weight excluding hydrogens is 376 g/mol. The fourth-order valence-corrected chi connectivity index (χ4v) is 3.39. The highest BCUT2D eigenvalue weighted by atomic mass is 16.5. The minimum absolute atomic E-state index is 0.0753. The molecule has 3 amide bonds. The molecule has 8 nitrogen and oxygen atoms in total. The summed E-state index contributed by atoms with van der Waals surface area (Å²) < 4.78 is 17.7. The molecule has 1 N–H and O–H groups in total. The molecule has 0 saturated carbocycles. The van der Waals surface area contributed by atoms with Gasteiger partial charge < -0.3 is 14.8 Å². The highest BCUT2D eigenvalue weighted by Gasteiger charge is 2.45. The Kier molecular flexibility index (Phi) is 6.00. The molecule has 2 aliphatic rings. The minimum atomic E-state index is -0.902. The molecule has 8 heteroatoms. The molecule has 1 aromatic carbocycles.